The van der Waals surface area contributed by atoms with E-state index in [4.69, 9.17) is 0 Å². The van der Waals surface area contributed by atoms with Gasteiger partial charge in [-0.3, -0.25) is 0 Å². The van der Waals surface area contributed by atoms with E-state index in [1.807, 2.05) is 11.3 Å². The van der Waals surface area contributed by atoms with E-state index in [-0.39, 0.29) is 0 Å². The van der Waals surface area contributed by atoms with Crippen LogP contribution in [0.15, 0.2) is 35.7 Å². The number of thiophene rings is 1. The minimum Gasteiger partial charge on any atom is -0.306 e. The summed E-state index contributed by atoms with van der Waals surface area (Å²) in [5.74, 6) is 0. The Morgan fingerprint density at radius 3 is 2.47 bits per heavy atom. The van der Waals surface area contributed by atoms with Crippen LogP contribution in [0.2, 0.25) is 0 Å². The van der Waals surface area contributed by atoms with E-state index in [0.717, 1.165) is 6.54 Å². The zero-order valence-electron chi connectivity index (χ0n) is 10.7. The van der Waals surface area contributed by atoms with E-state index >= 15 is 0 Å². The molecule has 1 aromatic carbocycles. The van der Waals surface area contributed by atoms with Crippen molar-refractivity contribution in [3.05, 3.63) is 57.3 Å². The Hall–Kier alpha value is -1.12. The molecule has 2 heteroatoms. The van der Waals surface area contributed by atoms with Gasteiger partial charge in [-0.15, -0.1) is 11.3 Å². The Labute approximate surface area is 108 Å². The molecule has 0 saturated heterocycles. The number of hydrogen-bond acceptors (Lipinski definition) is 2. The van der Waals surface area contributed by atoms with Crippen LogP contribution in [0.25, 0.3) is 0 Å². The smallest absolute Gasteiger partial charge is 0.0676 e. The van der Waals surface area contributed by atoms with E-state index in [1.165, 1.54) is 21.6 Å². The molecule has 1 nitrogen and oxygen atoms in total. The van der Waals surface area contributed by atoms with Gasteiger partial charge in [0, 0.05) is 4.88 Å². The molecule has 1 unspecified atom stereocenters. The predicted octanol–water partition coefficient (Wildman–Crippen LogP) is 4.06. The van der Waals surface area contributed by atoms with E-state index in [0.29, 0.717) is 6.04 Å². The summed E-state index contributed by atoms with van der Waals surface area (Å²) in [4.78, 5) is 1.43. The summed E-state index contributed by atoms with van der Waals surface area (Å²) in [5.41, 5.74) is 4.12. The zero-order chi connectivity index (χ0) is 12.3. The molecule has 1 atom stereocenters. The number of rotatable bonds is 4. The maximum Gasteiger partial charge on any atom is 0.0676 e. The van der Waals surface area contributed by atoms with Gasteiger partial charge < -0.3 is 5.32 Å². The Kier molecular flexibility index (Phi) is 3.97. The van der Waals surface area contributed by atoms with E-state index in [2.05, 4.69) is 61.8 Å². The van der Waals surface area contributed by atoms with Crippen molar-refractivity contribution >= 4 is 11.3 Å². The third-order valence-electron chi connectivity index (χ3n) is 3.07. The van der Waals surface area contributed by atoms with Crippen molar-refractivity contribution < 1.29 is 0 Å². The van der Waals surface area contributed by atoms with Crippen LogP contribution in [0, 0.1) is 13.8 Å². The summed E-state index contributed by atoms with van der Waals surface area (Å²) in [6.45, 7) is 7.52. The Balaban J connectivity index is 2.43. The number of hydrogen-bond donors (Lipinski definition) is 1. The quantitative estimate of drug-likeness (QED) is 0.856. The summed E-state index contributed by atoms with van der Waals surface area (Å²) in [6.07, 6.45) is 0. The summed E-state index contributed by atoms with van der Waals surface area (Å²) in [5, 5.41) is 5.77. The third-order valence-corrected chi connectivity index (χ3v) is 4.16. The second kappa shape index (κ2) is 5.48. The van der Waals surface area contributed by atoms with Gasteiger partial charge in [0.1, 0.15) is 0 Å². The molecular weight excluding hydrogens is 226 g/mol. The summed E-state index contributed by atoms with van der Waals surface area (Å²) in [6, 6.07) is 11.2. The second-order valence-electron chi connectivity index (χ2n) is 4.32. The summed E-state index contributed by atoms with van der Waals surface area (Å²) < 4.78 is 0. The third kappa shape index (κ3) is 2.59. The molecule has 0 aliphatic heterocycles. The highest BCUT2D eigenvalue weighted by molar-refractivity contribution is 7.10. The topological polar surface area (TPSA) is 12.0 Å². The molecule has 0 aliphatic carbocycles. The lowest BCUT2D eigenvalue weighted by molar-refractivity contribution is 0.634. The van der Waals surface area contributed by atoms with E-state index < -0.39 is 0 Å². The van der Waals surface area contributed by atoms with Gasteiger partial charge in [0.2, 0.25) is 0 Å². The average molecular weight is 245 g/mol. The highest BCUT2D eigenvalue weighted by Gasteiger charge is 2.17. The average Bonchev–Trinajstić information content (AvgIpc) is 2.74. The van der Waals surface area contributed by atoms with Gasteiger partial charge in [0.05, 0.1) is 6.04 Å². The molecule has 0 radical (unpaired) electrons. The fourth-order valence-electron chi connectivity index (χ4n) is 2.14. The molecule has 1 heterocycles. The first-order valence-electron chi connectivity index (χ1n) is 6.07. The van der Waals surface area contributed by atoms with Crippen molar-refractivity contribution in [2.75, 3.05) is 6.54 Å². The molecule has 2 aromatic rings. The minimum absolute atomic E-state index is 0.334. The van der Waals surface area contributed by atoms with Gasteiger partial charge >= 0.3 is 0 Å². The Morgan fingerprint density at radius 2 is 1.88 bits per heavy atom. The Morgan fingerprint density at radius 1 is 1.12 bits per heavy atom. The van der Waals surface area contributed by atoms with Crippen LogP contribution >= 0.6 is 11.3 Å². The van der Waals surface area contributed by atoms with Gasteiger partial charge in [-0.25, -0.2) is 0 Å². The van der Waals surface area contributed by atoms with Crippen molar-refractivity contribution in [3.63, 3.8) is 0 Å². The lowest BCUT2D eigenvalue weighted by Gasteiger charge is -2.20. The highest BCUT2D eigenvalue weighted by atomic mass is 32.1. The SMILES string of the molecule is CCNC(c1ccccc1C)c1sccc1C. The first kappa shape index (κ1) is 12.3. The molecule has 1 aromatic heterocycles. The molecular formula is C15H19NS. The maximum atomic E-state index is 3.59. The second-order valence-corrected chi connectivity index (χ2v) is 5.26. The monoisotopic (exact) mass is 245 g/mol. The van der Waals surface area contributed by atoms with Crippen LogP contribution < -0.4 is 5.32 Å². The Bertz CT molecular complexity index is 487. The molecule has 2 rings (SSSR count). The molecule has 0 fully saturated rings. The molecule has 17 heavy (non-hydrogen) atoms. The minimum atomic E-state index is 0.334. The molecule has 0 spiro atoms. The van der Waals surface area contributed by atoms with E-state index in [9.17, 15) is 0 Å². The van der Waals surface area contributed by atoms with Crippen LogP contribution in [-0.4, -0.2) is 6.54 Å². The normalized spacial score (nSPS) is 12.6. The first-order chi connectivity index (χ1) is 8.24. The summed E-state index contributed by atoms with van der Waals surface area (Å²) >= 11 is 1.84. The molecule has 1 N–H and O–H groups in total. The summed E-state index contributed by atoms with van der Waals surface area (Å²) in [7, 11) is 0. The molecule has 90 valence electrons. The molecule has 0 saturated carbocycles. The number of aryl methyl sites for hydroxylation is 2. The highest BCUT2D eigenvalue weighted by Crippen LogP contribution is 2.30. The fraction of sp³-hybridized carbons (Fsp3) is 0.333. The largest absolute Gasteiger partial charge is 0.306 e. The van der Waals surface area contributed by atoms with Gasteiger partial charge in [0.15, 0.2) is 0 Å². The van der Waals surface area contributed by atoms with E-state index in [1.54, 1.807) is 0 Å². The van der Waals surface area contributed by atoms with Gasteiger partial charge in [-0.1, -0.05) is 31.2 Å². The van der Waals surface area contributed by atoms with Gasteiger partial charge in [-0.05, 0) is 48.5 Å². The van der Waals surface area contributed by atoms with Crippen LogP contribution in [0.1, 0.15) is 34.5 Å². The first-order valence-corrected chi connectivity index (χ1v) is 6.95. The molecule has 0 bridgehead atoms. The lowest BCUT2D eigenvalue weighted by atomic mass is 9.98. The van der Waals surface area contributed by atoms with Gasteiger partial charge in [-0.2, -0.15) is 0 Å². The van der Waals surface area contributed by atoms with Crippen molar-refractivity contribution in [2.45, 2.75) is 26.8 Å². The zero-order valence-corrected chi connectivity index (χ0v) is 11.5. The number of nitrogens with one attached hydrogen (secondary N) is 1. The van der Waals surface area contributed by atoms with Crippen LogP contribution in [0.3, 0.4) is 0 Å². The van der Waals surface area contributed by atoms with Crippen molar-refractivity contribution in [1.82, 2.24) is 5.32 Å². The van der Waals surface area contributed by atoms with Crippen molar-refractivity contribution in [2.24, 2.45) is 0 Å². The standard InChI is InChI=1S/C15H19NS/c1-4-16-14(15-12(3)9-10-17-15)13-8-6-5-7-11(13)2/h5-10,14,16H,4H2,1-3H3. The van der Waals surface area contributed by atoms with Crippen LogP contribution in [-0.2, 0) is 0 Å². The lowest BCUT2D eigenvalue weighted by Crippen LogP contribution is -2.22. The van der Waals surface area contributed by atoms with Crippen molar-refractivity contribution in [1.29, 1.82) is 0 Å². The van der Waals surface area contributed by atoms with Crippen molar-refractivity contribution in [3.8, 4) is 0 Å². The molecule has 0 aliphatic rings. The predicted molar refractivity (Wildman–Crippen MR) is 75.8 cm³/mol. The number of benzene rings is 1. The van der Waals surface area contributed by atoms with Crippen LogP contribution in [0.4, 0.5) is 0 Å². The van der Waals surface area contributed by atoms with Crippen LogP contribution in [0.5, 0.6) is 0 Å². The fourth-order valence-corrected chi connectivity index (χ4v) is 3.16. The van der Waals surface area contributed by atoms with Gasteiger partial charge in [0.25, 0.3) is 0 Å². The molecule has 0 amide bonds. The maximum absolute atomic E-state index is 3.59.